The number of carboxylic acid groups (broad SMARTS) is 1. The van der Waals surface area contributed by atoms with Gasteiger partial charge in [0, 0.05) is 6.42 Å². The van der Waals surface area contributed by atoms with Crippen molar-refractivity contribution in [1.29, 1.82) is 0 Å². The van der Waals surface area contributed by atoms with Crippen molar-refractivity contribution in [3.63, 3.8) is 0 Å². The zero-order valence-electron chi connectivity index (χ0n) is 9.28. The quantitative estimate of drug-likeness (QED) is 0.459. The van der Waals surface area contributed by atoms with Crippen LogP contribution >= 0.6 is 0 Å². The topological polar surface area (TPSA) is 66.4 Å². The number of aliphatic carboxylic acids is 1. The molecule has 0 saturated carbocycles. The summed E-state index contributed by atoms with van der Waals surface area (Å²) < 4.78 is 36.8. The number of nitrogens with one attached hydrogen (secondary N) is 1. The summed E-state index contributed by atoms with van der Waals surface area (Å²) in [6.07, 6.45) is -3.30. The van der Waals surface area contributed by atoms with Gasteiger partial charge in [-0.15, -0.1) is 0 Å². The summed E-state index contributed by atoms with van der Waals surface area (Å²) in [7, 11) is 0. The molecule has 1 amide bonds. The molecule has 1 aromatic carbocycles. The Balaban J connectivity index is 0.00000324. The van der Waals surface area contributed by atoms with E-state index < -0.39 is 23.8 Å². The van der Waals surface area contributed by atoms with E-state index in [0.717, 1.165) is 12.1 Å². The van der Waals surface area contributed by atoms with Crippen LogP contribution in [0.3, 0.4) is 0 Å². The van der Waals surface area contributed by atoms with Crippen LogP contribution in [0, 0.1) is 0 Å². The first-order chi connectivity index (χ1) is 8.34. The van der Waals surface area contributed by atoms with Crippen LogP contribution in [0.4, 0.5) is 13.2 Å². The molecular formula is C11H9F3FmNO3-. The van der Waals surface area contributed by atoms with Gasteiger partial charge in [-0.25, -0.2) is 0 Å². The number of halogens is 3. The Bertz CT molecular complexity index is 434. The van der Waals surface area contributed by atoms with Crippen molar-refractivity contribution < 1.29 is 27.9 Å². The van der Waals surface area contributed by atoms with Crippen molar-refractivity contribution in [2.75, 3.05) is 0 Å². The fraction of sp³-hybridized carbons (Fsp3) is 0.273. The fourth-order valence-electron chi connectivity index (χ4n) is 1.34. The first-order valence-corrected chi connectivity index (χ1v) is 4.86. The number of carbonyl (C=O) groups is 1. The molecule has 0 saturated heterocycles. The van der Waals surface area contributed by atoms with Crippen molar-refractivity contribution >= 4 is 12.4 Å². The van der Waals surface area contributed by atoms with Crippen molar-refractivity contribution in [3.8, 4) is 0 Å². The molecule has 1 rings (SSSR count). The van der Waals surface area contributed by atoms with E-state index in [1.165, 1.54) is 18.5 Å². The Labute approximate surface area is 100 Å². The molecule has 0 aliphatic heterocycles. The minimum atomic E-state index is -4.43. The SMILES string of the molecule is O=[C-]NC(Cc1ccc(C(F)(F)F)cc1)C(=O)O.[Fm]. The zero-order chi connectivity index (χ0) is 13.8. The molecule has 4 nitrogen and oxygen atoms in total. The smallest absolute Gasteiger partial charge is 0.416 e. The predicted molar refractivity (Wildman–Crippen MR) is 55.4 cm³/mol. The third-order valence-electron chi connectivity index (χ3n) is 2.25. The monoisotopic (exact) mass is 517 g/mol. The second-order valence-electron chi connectivity index (χ2n) is 3.54. The molecule has 0 radical (unpaired) electrons. The Morgan fingerprint density at radius 1 is 1.32 bits per heavy atom. The van der Waals surface area contributed by atoms with Crippen LogP contribution < -0.4 is 5.32 Å². The van der Waals surface area contributed by atoms with E-state index in [-0.39, 0.29) is 6.42 Å². The van der Waals surface area contributed by atoms with E-state index in [4.69, 9.17) is 5.11 Å². The van der Waals surface area contributed by atoms with Gasteiger partial charge in [0.25, 0.3) is 0 Å². The predicted octanol–water partition coefficient (Wildman–Crippen LogP) is 1.36. The van der Waals surface area contributed by atoms with Gasteiger partial charge in [-0.05, 0) is 17.7 Å². The minimum Gasteiger partial charge on any atom is -0.520 e. The normalized spacial score (nSPS) is 12.2. The minimum absolute atomic E-state index is 0. The standard InChI is InChI=1S/C11H9F3NO3.Fm/c12-11(13,14)8-3-1-7(2-4-8)5-9(10(17)18)15-6-16;/h1-4,9H,5H2,(H,15,16)(H,17,18);/q-1;. The zero-order valence-corrected chi connectivity index (χ0v) is 11.7. The summed E-state index contributed by atoms with van der Waals surface area (Å²) in [5.41, 5.74) is -0.439. The van der Waals surface area contributed by atoms with Crippen LogP contribution in [0.2, 0.25) is 0 Å². The van der Waals surface area contributed by atoms with Gasteiger partial charge >= 0.3 is 12.1 Å². The number of amides is 1. The van der Waals surface area contributed by atoms with Crippen molar-refractivity contribution in [1.82, 2.24) is 5.32 Å². The molecule has 1 atom stereocenters. The largest absolute Gasteiger partial charge is 0.520 e. The number of hydrogen-bond donors (Lipinski definition) is 2. The maximum absolute atomic E-state index is 12.3. The molecule has 1 aromatic rings. The molecule has 8 heteroatoms. The summed E-state index contributed by atoms with van der Waals surface area (Å²) in [5, 5.41) is 10.7. The number of carboxylic acids is 1. The average Bonchev–Trinajstić information content (AvgIpc) is 2.28. The first-order valence-electron chi connectivity index (χ1n) is 4.86. The molecule has 0 bridgehead atoms. The van der Waals surface area contributed by atoms with E-state index >= 15 is 0 Å². The molecule has 2 N–H and O–H groups in total. The van der Waals surface area contributed by atoms with Crippen molar-refractivity contribution in [3.05, 3.63) is 35.4 Å². The summed E-state index contributed by atoms with van der Waals surface area (Å²) in [6, 6.07) is 2.85. The van der Waals surface area contributed by atoms with E-state index in [1.807, 2.05) is 5.32 Å². The number of alkyl halides is 3. The molecule has 0 aliphatic rings. The Morgan fingerprint density at radius 2 is 1.84 bits per heavy atom. The number of carbonyl (C=O) groups excluding carboxylic acids is 1. The van der Waals surface area contributed by atoms with Gasteiger partial charge in [0.05, 0.1) is 5.56 Å². The molecule has 110 valence electrons. The molecule has 1 unspecified atom stereocenters. The molecule has 0 aliphatic carbocycles. The van der Waals surface area contributed by atoms with Crippen molar-refractivity contribution in [2.24, 2.45) is 0 Å². The van der Waals surface area contributed by atoms with Crippen LogP contribution in [0.15, 0.2) is 24.3 Å². The maximum atomic E-state index is 12.3. The van der Waals surface area contributed by atoms with E-state index in [1.54, 1.807) is 0 Å². The van der Waals surface area contributed by atoms with Gasteiger partial charge in [-0.3, -0.25) is 4.79 Å². The Hall–Kier alpha value is -3.05. The number of rotatable bonds is 5. The van der Waals surface area contributed by atoms with Crippen LogP contribution in [0.5, 0.6) is 0 Å². The summed E-state index contributed by atoms with van der Waals surface area (Å²) in [6.45, 7) is 0. The summed E-state index contributed by atoms with van der Waals surface area (Å²) >= 11 is 0. The fourth-order valence-corrected chi connectivity index (χ4v) is 1.34. The van der Waals surface area contributed by atoms with Gasteiger partial charge < -0.3 is 15.2 Å². The van der Waals surface area contributed by atoms with E-state index in [0.29, 0.717) is 5.56 Å². The number of hydrogen-bond acceptors (Lipinski definition) is 2. The van der Waals surface area contributed by atoms with Crippen molar-refractivity contribution in [2.45, 2.75) is 18.6 Å². The van der Waals surface area contributed by atoms with Gasteiger partial charge in [0.2, 0.25) is 0 Å². The Morgan fingerprint density at radius 3 is 2.21 bits per heavy atom. The second-order valence-corrected chi connectivity index (χ2v) is 3.54. The summed E-state index contributed by atoms with van der Waals surface area (Å²) in [4.78, 5) is 20.7. The van der Waals surface area contributed by atoms with Crippen LogP contribution in [0.25, 0.3) is 0 Å². The third-order valence-corrected chi connectivity index (χ3v) is 2.25. The van der Waals surface area contributed by atoms with Gasteiger partial charge in [-0.2, -0.15) is 19.6 Å². The Kier molecular flexibility index (Phi) is 5.07. The average molecular weight is 517 g/mol. The molecule has 0 heterocycles. The van der Waals surface area contributed by atoms with Crippen LogP contribution in [0.1, 0.15) is 11.1 Å². The molecule has 0 fully saturated rings. The van der Waals surface area contributed by atoms with Crippen LogP contribution in [-0.4, -0.2) is 23.5 Å². The second kappa shape index (κ2) is 6.04. The van der Waals surface area contributed by atoms with Gasteiger partial charge in [0.1, 0.15) is 6.04 Å². The molecular weight excluding hydrogens is 508 g/mol. The van der Waals surface area contributed by atoms with Gasteiger partial charge in [0.15, 0.2) is 0 Å². The summed E-state index contributed by atoms with van der Waals surface area (Å²) in [5.74, 6) is -1.28. The van der Waals surface area contributed by atoms with Gasteiger partial charge in [-0.1, -0.05) is 12.1 Å². The van der Waals surface area contributed by atoms with Crippen LogP contribution in [-0.2, 0) is 22.2 Å². The molecule has 0 spiro atoms. The number of benzene rings is 1. The molecule has 0 aromatic heterocycles. The van der Waals surface area contributed by atoms with E-state index in [2.05, 4.69) is 0 Å². The van der Waals surface area contributed by atoms with E-state index in [9.17, 15) is 22.8 Å². The maximum Gasteiger partial charge on any atom is 0.416 e. The first kappa shape index (κ1) is 16.0. The third kappa shape index (κ3) is 4.37. The molecule has 19 heavy (non-hydrogen) atoms.